The zero-order valence-electron chi connectivity index (χ0n) is 11.0. The third kappa shape index (κ3) is 3.23. The van der Waals surface area contributed by atoms with Crippen LogP contribution in [0.1, 0.15) is 40.2 Å². The van der Waals surface area contributed by atoms with E-state index in [-0.39, 0.29) is 11.8 Å². The van der Waals surface area contributed by atoms with Gasteiger partial charge in [0.25, 0.3) is 0 Å². The van der Waals surface area contributed by atoms with E-state index in [1.54, 1.807) is 6.07 Å². The van der Waals surface area contributed by atoms with Crippen LogP contribution in [0.25, 0.3) is 0 Å². The fourth-order valence-electron chi connectivity index (χ4n) is 1.98. The van der Waals surface area contributed by atoms with Crippen molar-refractivity contribution >= 4 is 5.97 Å². The van der Waals surface area contributed by atoms with Crippen LogP contribution in [0, 0.1) is 6.92 Å². The fraction of sp³-hybridized carbons (Fsp3) is 0.267. The number of aryl methyl sites for hydroxylation is 1. The summed E-state index contributed by atoms with van der Waals surface area (Å²) in [6, 6.07) is 10.1. The number of carbonyl (C=O) groups is 1. The van der Waals surface area contributed by atoms with Crippen molar-refractivity contribution in [1.82, 2.24) is 5.32 Å². The smallest absolute Gasteiger partial charge is 0.372 e. The van der Waals surface area contributed by atoms with E-state index in [4.69, 9.17) is 9.52 Å². The SMILES string of the molecule is Cc1cccc([C@@H](C)NCc2ccoc2C(=O)O)c1. The molecule has 0 unspecified atom stereocenters. The minimum atomic E-state index is -1.04. The van der Waals surface area contributed by atoms with Crippen LogP contribution in [0.3, 0.4) is 0 Å². The molecule has 0 aliphatic rings. The first kappa shape index (κ1) is 13.4. The summed E-state index contributed by atoms with van der Waals surface area (Å²) in [7, 11) is 0. The molecule has 2 N–H and O–H groups in total. The molecule has 0 aliphatic heterocycles. The number of benzene rings is 1. The lowest BCUT2D eigenvalue weighted by molar-refractivity contribution is 0.0660. The van der Waals surface area contributed by atoms with Crippen LogP contribution < -0.4 is 5.32 Å². The summed E-state index contributed by atoms with van der Waals surface area (Å²) >= 11 is 0. The van der Waals surface area contributed by atoms with E-state index < -0.39 is 5.97 Å². The second kappa shape index (κ2) is 5.71. The van der Waals surface area contributed by atoms with E-state index in [1.807, 2.05) is 6.07 Å². The summed E-state index contributed by atoms with van der Waals surface area (Å²) < 4.78 is 4.94. The third-order valence-electron chi connectivity index (χ3n) is 3.08. The first-order valence-corrected chi connectivity index (χ1v) is 6.17. The molecule has 1 aromatic carbocycles. The van der Waals surface area contributed by atoms with Gasteiger partial charge in [-0.05, 0) is 25.5 Å². The topological polar surface area (TPSA) is 62.5 Å². The van der Waals surface area contributed by atoms with Crippen LogP contribution in [-0.2, 0) is 6.54 Å². The molecule has 0 amide bonds. The molecule has 0 fully saturated rings. The molecule has 19 heavy (non-hydrogen) atoms. The first-order chi connectivity index (χ1) is 9.08. The van der Waals surface area contributed by atoms with Gasteiger partial charge in [-0.3, -0.25) is 0 Å². The standard InChI is InChI=1S/C15H17NO3/c1-10-4-3-5-12(8-10)11(2)16-9-13-6-7-19-14(13)15(17)18/h3-8,11,16H,9H2,1-2H3,(H,17,18)/t11-/m1/s1. The van der Waals surface area contributed by atoms with Gasteiger partial charge in [-0.2, -0.15) is 0 Å². The van der Waals surface area contributed by atoms with Crippen molar-refractivity contribution < 1.29 is 14.3 Å². The molecule has 0 radical (unpaired) electrons. The van der Waals surface area contributed by atoms with Gasteiger partial charge in [0.05, 0.1) is 6.26 Å². The third-order valence-corrected chi connectivity index (χ3v) is 3.08. The number of aromatic carboxylic acids is 1. The van der Waals surface area contributed by atoms with E-state index in [0.717, 1.165) is 0 Å². The minimum Gasteiger partial charge on any atom is -0.475 e. The van der Waals surface area contributed by atoms with Crippen LogP contribution in [0.15, 0.2) is 41.0 Å². The Morgan fingerprint density at radius 3 is 2.89 bits per heavy atom. The van der Waals surface area contributed by atoms with Crippen molar-refractivity contribution in [2.45, 2.75) is 26.4 Å². The number of nitrogens with one attached hydrogen (secondary N) is 1. The highest BCUT2D eigenvalue weighted by Crippen LogP contribution is 2.16. The van der Waals surface area contributed by atoms with Gasteiger partial charge in [-0.25, -0.2) is 4.79 Å². The lowest BCUT2D eigenvalue weighted by atomic mass is 10.1. The highest BCUT2D eigenvalue weighted by atomic mass is 16.4. The lowest BCUT2D eigenvalue weighted by Gasteiger charge is -2.14. The highest BCUT2D eigenvalue weighted by molar-refractivity contribution is 5.86. The summed E-state index contributed by atoms with van der Waals surface area (Å²) in [5.74, 6) is -1.03. The predicted octanol–water partition coefficient (Wildman–Crippen LogP) is 3.14. The van der Waals surface area contributed by atoms with Crippen molar-refractivity contribution in [2.24, 2.45) is 0 Å². The molecule has 1 aromatic heterocycles. The van der Waals surface area contributed by atoms with Crippen molar-refractivity contribution in [3.8, 4) is 0 Å². The Morgan fingerprint density at radius 2 is 2.21 bits per heavy atom. The zero-order valence-corrected chi connectivity index (χ0v) is 11.0. The fourth-order valence-corrected chi connectivity index (χ4v) is 1.98. The van der Waals surface area contributed by atoms with Crippen molar-refractivity contribution in [1.29, 1.82) is 0 Å². The van der Waals surface area contributed by atoms with E-state index in [9.17, 15) is 4.79 Å². The average molecular weight is 259 g/mol. The van der Waals surface area contributed by atoms with E-state index in [2.05, 4.69) is 37.4 Å². The van der Waals surface area contributed by atoms with Gasteiger partial charge < -0.3 is 14.8 Å². The zero-order chi connectivity index (χ0) is 13.8. The number of rotatable bonds is 5. The summed E-state index contributed by atoms with van der Waals surface area (Å²) in [5.41, 5.74) is 3.05. The molecule has 1 atom stereocenters. The molecule has 100 valence electrons. The summed E-state index contributed by atoms with van der Waals surface area (Å²) in [6.45, 7) is 4.57. The lowest BCUT2D eigenvalue weighted by Crippen LogP contribution is -2.19. The Kier molecular flexibility index (Phi) is 4.02. The Balaban J connectivity index is 2.02. The summed E-state index contributed by atoms with van der Waals surface area (Å²) in [4.78, 5) is 10.9. The van der Waals surface area contributed by atoms with Crippen LogP contribution in [0.4, 0.5) is 0 Å². The molecule has 0 saturated heterocycles. The van der Waals surface area contributed by atoms with Crippen molar-refractivity contribution in [3.63, 3.8) is 0 Å². The van der Waals surface area contributed by atoms with Gasteiger partial charge in [0.1, 0.15) is 0 Å². The molecular weight excluding hydrogens is 242 g/mol. The quantitative estimate of drug-likeness (QED) is 0.866. The molecule has 4 heteroatoms. The number of carboxylic acids is 1. The molecule has 2 rings (SSSR count). The Bertz CT molecular complexity index is 574. The number of hydrogen-bond acceptors (Lipinski definition) is 3. The average Bonchev–Trinajstić information content (AvgIpc) is 2.84. The Labute approximate surface area is 112 Å². The molecule has 4 nitrogen and oxygen atoms in total. The minimum absolute atomic E-state index is 0.00365. The number of carboxylic acid groups (broad SMARTS) is 1. The van der Waals surface area contributed by atoms with Gasteiger partial charge in [0.2, 0.25) is 5.76 Å². The van der Waals surface area contributed by atoms with E-state index in [1.165, 1.54) is 17.4 Å². The highest BCUT2D eigenvalue weighted by Gasteiger charge is 2.14. The van der Waals surface area contributed by atoms with Gasteiger partial charge in [-0.1, -0.05) is 29.8 Å². The molecule has 2 aromatic rings. The van der Waals surface area contributed by atoms with Gasteiger partial charge >= 0.3 is 5.97 Å². The Hall–Kier alpha value is -2.07. The van der Waals surface area contributed by atoms with Gasteiger partial charge in [0.15, 0.2) is 0 Å². The molecule has 0 bridgehead atoms. The largest absolute Gasteiger partial charge is 0.475 e. The maximum absolute atomic E-state index is 10.9. The second-order valence-electron chi connectivity index (χ2n) is 4.60. The normalized spacial score (nSPS) is 12.3. The Morgan fingerprint density at radius 1 is 1.42 bits per heavy atom. The number of hydrogen-bond donors (Lipinski definition) is 2. The van der Waals surface area contributed by atoms with Crippen LogP contribution in [0.2, 0.25) is 0 Å². The van der Waals surface area contributed by atoms with Crippen molar-refractivity contribution in [2.75, 3.05) is 0 Å². The van der Waals surface area contributed by atoms with Crippen LogP contribution >= 0.6 is 0 Å². The molecule has 1 heterocycles. The number of furan rings is 1. The van der Waals surface area contributed by atoms with Gasteiger partial charge in [0, 0.05) is 18.2 Å². The van der Waals surface area contributed by atoms with Crippen LogP contribution in [0.5, 0.6) is 0 Å². The van der Waals surface area contributed by atoms with Gasteiger partial charge in [-0.15, -0.1) is 0 Å². The summed E-state index contributed by atoms with van der Waals surface area (Å²) in [6.07, 6.45) is 1.40. The second-order valence-corrected chi connectivity index (χ2v) is 4.60. The molecular formula is C15H17NO3. The molecule has 0 aliphatic carbocycles. The summed E-state index contributed by atoms with van der Waals surface area (Å²) in [5, 5.41) is 12.3. The molecule has 0 saturated carbocycles. The predicted molar refractivity (Wildman–Crippen MR) is 72.1 cm³/mol. The first-order valence-electron chi connectivity index (χ1n) is 6.17. The maximum atomic E-state index is 10.9. The van der Waals surface area contributed by atoms with E-state index >= 15 is 0 Å². The maximum Gasteiger partial charge on any atom is 0.372 e. The molecule has 0 spiro atoms. The van der Waals surface area contributed by atoms with Crippen LogP contribution in [-0.4, -0.2) is 11.1 Å². The monoisotopic (exact) mass is 259 g/mol. The van der Waals surface area contributed by atoms with Crippen molar-refractivity contribution in [3.05, 3.63) is 59.0 Å². The van der Waals surface area contributed by atoms with E-state index in [0.29, 0.717) is 12.1 Å².